The molecule has 0 aliphatic rings. The maximum absolute atomic E-state index is 11.0. The van der Waals surface area contributed by atoms with E-state index in [2.05, 4.69) is 15.3 Å². The lowest BCUT2D eigenvalue weighted by molar-refractivity contribution is -0.118. The quantitative estimate of drug-likeness (QED) is 0.776. The fraction of sp³-hybridized carbons (Fsp3) is 0.583. The first kappa shape index (κ1) is 14.7. The molecule has 0 radical (unpaired) electrons. The highest BCUT2D eigenvalue weighted by molar-refractivity contribution is 6.29. The zero-order valence-electron chi connectivity index (χ0n) is 11.0. The van der Waals surface area contributed by atoms with Gasteiger partial charge in [0.25, 0.3) is 0 Å². The van der Waals surface area contributed by atoms with E-state index in [9.17, 15) is 4.79 Å². The second kappa shape index (κ2) is 6.00. The molecule has 1 amide bonds. The highest BCUT2D eigenvalue weighted by atomic mass is 35.5. The third-order valence-electron chi connectivity index (χ3n) is 2.30. The van der Waals surface area contributed by atoms with E-state index >= 15 is 0 Å². The molecule has 0 aliphatic carbocycles. The van der Waals surface area contributed by atoms with Gasteiger partial charge in [-0.25, -0.2) is 9.97 Å². The van der Waals surface area contributed by atoms with Crippen LogP contribution in [0.2, 0.25) is 5.15 Å². The number of hydrogen-bond donors (Lipinski definition) is 2. The van der Waals surface area contributed by atoms with Crippen LogP contribution in [0.15, 0.2) is 6.07 Å². The van der Waals surface area contributed by atoms with E-state index in [0.29, 0.717) is 16.8 Å². The minimum Gasteiger partial charge on any atom is -0.370 e. The Hall–Kier alpha value is -1.36. The number of aryl methyl sites for hydroxylation is 1. The average Bonchev–Trinajstić information content (AvgIpc) is 2.12. The van der Waals surface area contributed by atoms with Gasteiger partial charge in [-0.3, -0.25) is 4.79 Å². The van der Waals surface area contributed by atoms with Crippen molar-refractivity contribution in [2.45, 2.75) is 45.6 Å². The molecule has 0 bridgehead atoms. The maximum atomic E-state index is 11.0. The molecule has 18 heavy (non-hydrogen) atoms. The molecule has 0 spiro atoms. The van der Waals surface area contributed by atoms with Crippen LogP contribution in [0, 0.1) is 0 Å². The Kier molecular flexibility index (Phi) is 4.90. The number of halogens is 1. The molecule has 0 saturated heterocycles. The summed E-state index contributed by atoms with van der Waals surface area (Å²) in [4.78, 5) is 19.5. The smallest absolute Gasteiger partial charge is 0.219 e. The molecule has 0 aromatic carbocycles. The fourth-order valence-electron chi connectivity index (χ4n) is 1.69. The summed E-state index contributed by atoms with van der Waals surface area (Å²) in [6, 6.07) is 1.64. The molecule has 5 nitrogen and oxygen atoms in total. The summed E-state index contributed by atoms with van der Waals surface area (Å²) in [7, 11) is 0. The van der Waals surface area contributed by atoms with E-state index in [1.807, 2.05) is 20.8 Å². The molecular weight excluding hydrogens is 252 g/mol. The van der Waals surface area contributed by atoms with Crippen molar-refractivity contribution in [3.8, 4) is 0 Å². The zero-order chi connectivity index (χ0) is 13.8. The van der Waals surface area contributed by atoms with E-state index in [1.165, 1.54) is 0 Å². The van der Waals surface area contributed by atoms with Gasteiger partial charge in [0, 0.05) is 24.4 Å². The minimum absolute atomic E-state index is 0.220. The van der Waals surface area contributed by atoms with E-state index in [1.54, 1.807) is 6.07 Å². The molecule has 0 aliphatic heterocycles. The lowest BCUT2D eigenvalue weighted by Gasteiger charge is -2.25. The summed E-state index contributed by atoms with van der Waals surface area (Å²) in [6.45, 7) is 5.81. The molecule has 0 atom stereocenters. The first-order valence-electron chi connectivity index (χ1n) is 5.92. The molecule has 0 fully saturated rings. The number of nitrogens with zero attached hydrogens (tertiary/aromatic N) is 2. The van der Waals surface area contributed by atoms with Crippen molar-refractivity contribution in [2.24, 2.45) is 5.73 Å². The second-order valence-electron chi connectivity index (χ2n) is 4.89. The van der Waals surface area contributed by atoms with E-state index in [4.69, 9.17) is 17.3 Å². The van der Waals surface area contributed by atoms with Crippen molar-refractivity contribution in [2.75, 3.05) is 5.32 Å². The van der Waals surface area contributed by atoms with Crippen molar-refractivity contribution in [1.82, 2.24) is 9.97 Å². The van der Waals surface area contributed by atoms with Crippen LogP contribution < -0.4 is 11.1 Å². The number of anilines is 1. The average molecular weight is 271 g/mol. The fourth-order valence-corrected chi connectivity index (χ4v) is 1.89. The number of rotatable bonds is 6. The Morgan fingerprint density at radius 3 is 2.72 bits per heavy atom. The number of amides is 1. The van der Waals surface area contributed by atoms with Crippen LogP contribution in [0.25, 0.3) is 0 Å². The van der Waals surface area contributed by atoms with Gasteiger partial charge in [-0.1, -0.05) is 18.5 Å². The number of hydrogen-bond acceptors (Lipinski definition) is 4. The molecule has 0 unspecified atom stereocenters. The van der Waals surface area contributed by atoms with Gasteiger partial charge in [-0.2, -0.15) is 0 Å². The number of carbonyl (C=O) groups is 1. The van der Waals surface area contributed by atoms with Crippen molar-refractivity contribution in [1.29, 1.82) is 0 Å². The summed E-state index contributed by atoms with van der Waals surface area (Å²) in [5.41, 5.74) is 4.74. The SMILES string of the molecule is CCCc1nc(Cl)cc(NC(C)(C)CC(N)=O)n1. The van der Waals surface area contributed by atoms with Gasteiger partial charge in [0.05, 0.1) is 0 Å². The van der Waals surface area contributed by atoms with Gasteiger partial charge < -0.3 is 11.1 Å². The first-order valence-corrected chi connectivity index (χ1v) is 6.30. The Bertz CT molecular complexity index is 434. The molecule has 1 aromatic heterocycles. The molecule has 1 aromatic rings. The Labute approximate surface area is 112 Å². The molecule has 3 N–H and O–H groups in total. The van der Waals surface area contributed by atoms with E-state index in [0.717, 1.165) is 12.8 Å². The number of aromatic nitrogens is 2. The highest BCUT2D eigenvalue weighted by Gasteiger charge is 2.21. The van der Waals surface area contributed by atoms with Gasteiger partial charge in [-0.05, 0) is 20.3 Å². The summed E-state index contributed by atoms with van der Waals surface area (Å²) in [6.07, 6.45) is 1.94. The molecule has 1 heterocycles. The third-order valence-corrected chi connectivity index (χ3v) is 2.49. The Morgan fingerprint density at radius 1 is 1.50 bits per heavy atom. The van der Waals surface area contributed by atoms with E-state index < -0.39 is 5.54 Å². The van der Waals surface area contributed by atoms with Crippen molar-refractivity contribution in [3.05, 3.63) is 17.0 Å². The zero-order valence-corrected chi connectivity index (χ0v) is 11.7. The second-order valence-corrected chi connectivity index (χ2v) is 5.28. The predicted molar refractivity (Wildman–Crippen MR) is 72.6 cm³/mol. The third kappa shape index (κ3) is 4.87. The largest absolute Gasteiger partial charge is 0.370 e. The number of primary amides is 1. The summed E-state index contributed by atoms with van der Waals surface area (Å²) in [5, 5.41) is 3.55. The first-order chi connectivity index (χ1) is 8.32. The summed E-state index contributed by atoms with van der Waals surface area (Å²) < 4.78 is 0. The minimum atomic E-state index is -0.465. The molecular formula is C12H19ClN4O. The monoisotopic (exact) mass is 270 g/mol. The molecule has 100 valence electrons. The normalized spacial score (nSPS) is 11.3. The number of nitrogens with two attached hydrogens (primary N) is 1. The van der Waals surface area contributed by atoms with Crippen LogP contribution >= 0.6 is 11.6 Å². The van der Waals surface area contributed by atoms with Crippen LogP contribution in [0.1, 0.15) is 39.4 Å². The van der Waals surface area contributed by atoms with Crippen LogP contribution in [0.5, 0.6) is 0 Å². The van der Waals surface area contributed by atoms with Crippen LogP contribution in [-0.4, -0.2) is 21.4 Å². The summed E-state index contributed by atoms with van der Waals surface area (Å²) in [5.74, 6) is 0.952. The summed E-state index contributed by atoms with van der Waals surface area (Å²) >= 11 is 5.94. The van der Waals surface area contributed by atoms with E-state index in [-0.39, 0.29) is 12.3 Å². The maximum Gasteiger partial charge on any atom is 0.219 e. The molecule has 0 saturated carbocycles. The molecule has 6 heteroatoms. The Balaban J connectivity index is 2.86. The lowest BCUT2D eigenvalue weighted by Crippen LogP contribution is -2.36. The van der Waals surface area contributed by atoms with Crippen molar-refractivity contribution < 1.29 is 4.79 Å². The van der Waals surface area contributed by atoms with Crippen molar-refractivity contribution >= 4 is 23.3 Å². The highest BCUT2D eigenvalue weighted by Crippen LogP contribution is 2.19. The van der Waals surface area contributed by atoms with Crippen LogP contribution in [0.4, 0.5) is 5.82 Å². The topological polar surface area (TPSA) is 80.9 Å². The Morgan fingerprint density at radius 2 is 2.17 bits per heavy atom. The van der Waals surface area contributed by atoms with Gasteiger partial charge >= 0.3 is 0 Å². The van der Waals surface area contributed by atoms with Crippen LogP contribution in [0.3, 0.4) is 0 Å². The standard InChI is InChI=1S/C12H19ClN4O/c1-4-5-10-15-8(13)6-11(16-10)17-12(2,3)7-9(14)18/h6H,4-5,7H2,1-3H3,(H2,14,18)(H,15,16,17). The predicted octanol–water partition coefficient (Wildman–Crippen LogP) is 2.15. The van der Waals surface area contributed by atoms with Gasteiger partial charge in [0.1, 0.15) is 16.8 Å². The lowest BCUT2D eigenvalue weighted by atomic mass is 10.0. The van der Waals surface area contributed by atoms with Crippen LogP contribution in [-0.2, 0) is 11.2 Å². The number of nitrogens with one attached hydrogen (secondary N) is 1. The van der Waals surface area contributed by atoms with Gasteiger partial charge in [0.2, 0.25) is 5.91 Å². The van der Waals surface area contributed by atoms with Crippen molar-refractivity contribution in [3.63, 3.8) is 0 Å². The molecule has 1 rings (SSSR count). The number of carbonyl (C=O) groups excluding carboxylic acids is 1. The van der Waals surface area contributed by atoms with Gasteiger partial charge in [0.15, 0.2) is 0 Å². The van der Waals surface area contributed by atoms with Gasteiger partial charge in [-0.15, -0.1) is 0 Å².